The Morgan fingerprint density at radius 1 is 1.40 bits per heavy atom. The first kappa shape index (κ1) is 6.97. The van der Waals surface area contributed by atoms with E-state index in [0.29, 0.717) is 4.68 Å². The molecule has 0 saturated carbocycles. The summed E-state index contributed by atoms with van der Waals surface area (Å²) in [5.41, 5.74) is 0. The summed E-state index contributed by atoms with van der Waals surface area (Å²) in [6.45, 7) is 0. The van der Waals surface area contributed by atoms with Crippen LogP contribution in [0.25, 0.3) is 0 Å². The van der Waals surface area contributed by atoms with Crippen molar-refractivity contribution >= 4 is 0 Å². The van der Waals surface area contributed by atoms with Crippen molar-refractivity contribution in [3.63, 3.8) is 0 Å². The predicted molar refractivity (Wildman–Crippen MR) is 23.8 cm³/mol. The topological polar surface area (TPSA) is 43.6 Å². The van der Waals surface area contributed by atoms with Crippen LogP contribution in [0.15, 0.2) is 0 Å². The number of aromatic nitrogens is 4. The quantitative estimate of drug-likeness (QED) is 0.534. The maximum atomic E-state index is 11.7. The molecule has 1 heterocycles. The van der Waals surface area contributed by atoms with Crippen molar-refractivity contribution in [2.45, 2.75) is 6.18 Å². The van der Waals surface area contributed by atoms with Crippen molar-refractivity contribution in [1.29, 1.82) is 0 Å². The Balaban J connectivity index is 3.05. The summed E-state index contributed by atoms with van der Waals surface area (Å²) in [4.78, 5) is 0. The van der Waals surface area contributed by atoms with Crippen molar-refractivity contribution in [3.8, 4) is 0 Å². The molecule has 0 fully saturated rings. The van der Waals surface area contributed by atoms with Crippen molar-refractivity contribution in [1.82, 2.24) is 20.2 Å². The van der Waals surface area contributed by atoms with Gasteiger partial charge in [0.05, 0.1) is 0 Å². The molecular weight excluding hydrogens is 149 g/mol. The predicted octanol–water partition coefficient (Wildman–Crippen LogP) is 0.229. The summed E-state index contributed by atoms with van der Waals surface area (Å²) in [7, 11) is 1.13. The Morgan fingerprint density at radius 3 is 2.20 bits per heavy atom. The Hall–Kier alpha value is -1.14. The maximum Gasteiger partial charge on any atom is 0.453 e. The molecule has 0 bridgehead atoms. The van der Waals surface area contributed by atoms with E-state index in [0.717, 1.165) is 7.05 Å². The molecule has 0 aromatic carbocycles. The first-order valence-corrected chi connectivity index (χ1v) is 2.31. The van der Waals surface area contributed by atoms with Crippen LogP contribution in [0.3, 0.4) is 0 Å². The lowest BCUT2D eigenvalue weighted by molar-refractivity contribution is -0.147. The fraction of sp³-hybridized carbons (Fsp3) is 0.667. The fourth-order valence-corrected chi connectivity index (χ4v) is 0.470. The van der Waals surface area contributed by atoms with Gasteiger partial charge in [-0.2, -0.15) is 13.2 Å². The maximum absolute atomic E-state index is 11.7. The van der Waals surface area contributed by atoms with Crippen LogP contribution in [0, 0.1) is 0 Å². The number of alkyl halides is 3. The zero-order chi connectivity index (χ0) is 7.78. The molecular formula is C3H3F3N4. The van der Waals surface area contributed by atoms with Gasteiger partial charge >= 0.3 is 6.18 Å². The second kappa shape index (κ2) is 1.93. The average Bonchev–Trinajstić information content (AvgIpc) is 2.11. The van der Waals surface area contributed by atoms with Gasteiger partial charge in [-0.1, -0.05) is 0 Å². The number of halogens is 3. The molecule has 4 nitrogen and oxygen atoms in total. The van der Waals surface area contributed by atoms with E-state index in [1.165, 1.54) is 0 Å². The zero-order valence-corrected chi connectivity index (χ0v) is 4.92. The monoisotopic (exact) mass is 152 g/mol. The molecule has 7 heteroatoms. The highest BCUT2D eigenvalue weighted by Gasteiger charge is 2.36. The Kier molecular flexibility index (Phi) is 1.34. The number of aryl methyl sites for hydroxylation is 1. The first-order chi connectivity index (χ1) is 4.52. The highest BCUT2D eigenvalue weighted by Crippen LogP contribution is 2.25. The van der Waals surface area contributed by atoms with Crippen LogP contribution in [-0.4, -0.2) is 20.2 Å². The molecule has 0 aliphatic heterocycles. The lowest BCUT2D eigenvalue weighted by Crippen LogP contribution is -2.13. The van der Waals surface area contributed by atoms with E-state index in [-0.39, 0.29) is 0 Å². The van der Waals surface area contributed by atoms with Crippen molar-refractivity contribution in [2.75, 3.05) is 0 Å². The van der Waals surface area contributed by atoms with E-state index in [4.69, 9.17) is 0 Å². The Morgan fingerprint density at radius 2 is 2.00 bits per heavy atom. The van der Waals surface area contributed by atoms with E-state index in [1.807, 2.05) is 0 Å². The van der Waals surface area contributed by atoms with E-state index in [1.54, 1.807) is 0 Å². The van der Waals surface area contributed by atoms with Gasteiger partial charge in [0.1, 0.15) is 0 Å². The van der Waals surface area contributed by atoms with Crippen molar-refractivity contribution in [3.05, 3.63) is 5.82 Å². The molecule has 0 radical (unpaired) electrons. The first-order valence-electron chi connectivity index (χ1n) is 2.31. The van der Waals surface area contributed by atoms with Crippen LogP contribution in [0.2, 0.25) is 0 Å². The summed E-state index contributed by atoms with van der Waals surface area (Å²) >= 11 is 0. The minimum Gasteiger partial charge on any atom is -0.225 e. The number of hydrogen-bond acceptors (Lipinski definition) is 3. The van der Waals surface area contributed by atoms with Gasteiger partial charge < -0.3 is 0 Å². The second-order valence-electron chi connectivity index (χ2n) is 1.62. The largest absolute Gasteiger partial charge is 0.453 e. The smallest absolute Gasteiger partial charge is 0.225 e. The molecule has 0 atom stereocenters. The third kappa shape index (κ3) is 1.07. The van der Waals surface area contributed by atoms with Gasteiger partial charge in [0, 0.05) is 7.05 Å². The molecule has 10 heavy (non-hydrogen) atoms. The van der Waals surface area contributed by atoms with Crippen LogP contribution >= 0.6 is 0 Å². The number of rotatable bonds is 0. The number of nitrogens with zero attached hydrogens (tertiary/aromatic N) is 4. The van der Waals surface area contributed by atoms with Gasteiger partial charge in [-0.05, 0) is 10.4 Å². The standard InChI is InChI=1S/C3H3F3N4/c1-10-2(3(4,5)6)7-8-9-10/h1H3. The van der Waals surface area contributed by atoms with Crippen molar-refractivity contribution in [2.24, 2.45) is 7.05 Å². The molecule has 56 valence electrons. The molecule has 0 unspecified atom stereocenters. The van der Waals surface area contributed by atoms with Gasteiger partial charge in [-0.25, -0.2) is 4.68 Å². The Bertz CT molecular complexity index is 226. The van der Waals surface area contributed by atoms with E-state index >= 15 is 0 Å². The average molecular weight is 152 g/mol. The number of tetrazole rings is 1. The summed E-state index contributed by atoms with van der Waals surface area (Å²) in [5.74, 6) is -1.09. The van der Waals surface area contributed by atoms with Gasteiger partial charge in [0.25, 0.3) is 5.82 Å². The lowest BCUT2D eigenvalue weighted by Gasteiger charge is -2.00. The van der Waals surface area contributed by atoms with Crippen LogP contribution in [-0.2, 0) is 13.2 Å². The highest BCUT2D eigenvalue weighted by molar-refractivity contribution is 4.85. The molecule has 0 aliphatic carbocycles. The molecule has 1 rings (SSSR count). The molecule has 0 amide bonds. The molecule has 0 saturated heterocycles. The third-order valence-electron chi connectivity index (χ3n) is 0.874. The fourth-order valence-electron chi connectivity index (χ4n) is 0.470. The van der Waals surface area contributed by atoms with E-state index in [9.17, 15) is 13.2 Å². The molecule has 1 aromatic rings. The van der Waals surface area contributed by atoms with Crippen LogP contribution in [0.5, 0.6) is 0 Å². The second-order valence-corrected chi connectivity index (χ2v) is 1.62. The van der Waals surface area contributed by atoms with Gasteiger partial charge in [-0.3, -0.25) is 0 Å². The van der Waals surface area contributed by atoms with Crippen LogP contribution < -0.4 is 0 Å². The lowest BCUT2D eigenvalue weighted by atomic mass is 10.6. The summed E-state index contributed by atoms with van der Waals surface area (Å²) in [5, 5.41) is 8.61. The Labute approximate surface area is 53.6 Å². The summed E-state index contributed by atoms with van der Waals surface area (Å²) in [6, 6.07) is 0. The summed E-state index contributed by atoms with van der Waals surface area (Å²) in [6.07, 6.45) is -4.46. The van der Waals surface area contributed by atoms with Gasteiger partial charge in [0.2, 0.25) is 0 Å². The SMILES string of the molecule is Cn1nnnc1C(F)(F)F. The molecule has 0 spiro atoms. The minimum atomic E-state index is -4.46. The van der Waals surface area contributed by atoms with Crippen LogP contribution in [0.4, 0.5) is 13.2 Å². The zero-order valence-electron chi connectivity index (χ0n) is 4.92. The van der Waals surface area contributed by atoms with E-state index < -0.39 is 12.0 Å². The molecule has 0 aliphatic rings. The highest BCUT2D eigenvalue weighted by atomic mass is 19.4. The number of hydrogen-bond donors (Lipinski definition) is 0. The van der Waals surface area contributed by atoms with Gasteiger partial charge in [-0.15, -0.1) is 5.10 Å². The van der Waals surface area contributed by atoms with Crippen molar-refractivity contribution < 1.29 is 13.2 Å². The molecule has 1 aromatic heterocycles. The summed E-state index contributed by atoms with van der Waals surface area (Å²) < 4.78 is 35.7. The normalized spacial score (nSPS) is 12.0. The van der Waals surface area contributed by atoms with E-state index in [2.05, 4.69) is 15.5 Å². The van der Waals surface area contributed by atoms with Gasteiger partial charge in [0.15, 0.2) is 0 Å². The minimum absolute atomic E-state index is 0.569. The third-order valence-corrected chi connectivity index (χ3v) is 0.874. The molecule has 0 N–H and O–H groups in total. The van der Waals surface area contributed by atoms with Crippen LogP contribution in [0.1, 0.15) is 5.82 Å².